The number of hydrogen-bond acceptors (Lipinski definition) is 2. The van der Waals surface area contributed by atoms with Crippen LogP contribution in [0.3, 0.4) is 0 Å². The zero-order valence-corrected chi connectivity index (χ0v) is 12.1. The molecule has 1 unspecified atom stereocenters. The van der Waals surface area contributed by atoms with Crippen LogP contribution in [-0.4, -0.2) is 29.1 Å². The van der Waals surface area contributed by atoms with Gasteiger partial charge >= 0.3 is 5.97 Å². The molecule has 1 heterocycles. The Morgan fingerprint density at radius 1 is 1.50 bits per heavy atom. The third-order valence-corrected chi connectivity index (χ3v) is 4.13. The van der Waals surface area contributed by atoms with Crippen molar-refractivity contribution >= 4 is 17.6 Å². The van der Waals surface area contributed by atoms with E-state index in [-0.39, 0.29) is 12.2 Å². The van der Waals surface area contributed by atoms with Crippen LogP contribution < -0.4 is 0 Å². The molecule has 1 aliphatic heterocycles. The average Bonchev–Trinajstić information content (AvgIpc) is 2.40. The SMILES string of the molecule is O=C(O)CCC1CCCN(Cc2ccc(F)cc2Cl)C1. The molecule has 0 saturated carbocycles. The van der Waals surface area contributed by atoms with Crippen LogP contribution in [0.5, 0.6) is 0 Å². The number of piperidine rings is 1. The molecule has 0 bridgehead atoms. The van der Waals surface area contributed by atoms with Gasteiger partial charge in [0, 0.05) is 24.5 Å². The summed E-state index contributed by atoms with van der Waals surface area (Å²) in [5.74, 6) is -0.625. The molecule has 1 atom stereocenters. The van der Waals surface area contributed by atoms with Gasteiger partial charge < -0.3 is 5.11 Å². The Hall–Kier alpha value is -1.13. The molecule has 5 heteroatoms. The Morgan fingerprint density at radius 3 is 3.00 bits per heavy atom. The fourth-order valence-electron chi connectivity index (χ4n) is 2.75. The number of nitrogens with zero attached hydrogens (tertiary/aromatic N) is 1. The Morgan fingerprint density at radius 2 is 2.30 bits per heavy atom. The van der Waals surface area contributed by atoms with E-state index in [4.69, 9.17) is 16.7 Å². The molecular formula is C15H19ClFNO2. The molecule has 1 saturated heterocycles. The minimum atomic E-state index is -0.733. The summed E-state index contributed by atoms with van der Waals surface area (Å²) in [4.78, 5) is 12.9. The maximum Gasteiger partial charge on any atom is 0.303 e. The van der Waals surface area contributed by atoms with E-state index in [1.54, 1.807) is 6.07 Å². The summed E-state index contributed by atoms with van der Waals surface area (Å²) < 4.78 is 13.0. The van der Waals surface area contributed by atoms with Crippen LogP contribution in [0.1, 0.15) is 31.2 Å². The second-order valence-electron chi connectivity index (χ2n) is 5.41. The van der Waals surface area contributed by atoms with Crippen LogP contribution in [0.2, 0.25) is 5.02 Å². The molecule has 0 amide bonds. The van der Waals surface area contributed by atoms with Crippen molar-refractivity contribution in [3.05, 3.63) is 34.6 Å². The van der Waals surface area contributed by atoms with Crippen molar-refractivity contribution in [3.63, 3.8) is 0 Å². The van der Waals surface area contributed by atoms with Crippen LogP contribution in [0.15, 0.2) is 18.2 Å². The smallest absolute Gasteiger partial charge is 0.303 e. The van der Waals surface area contributed by atoms with Gasteiger partial charge in [-0.15, -0.1) is 0 Å². The van der Waals surface area contributed by atoms with Crippen LogP contribution in [0, 0.1) is 11.7 Å². The Balaban J connectivity index is 1.90. The van der Waals surface area contributed by atoms with Gasteiger partial charge in [-0.3, -0.25) is 9.69 Å². The van der Waals surface area contributed by atoms with Crippen molar-refractivity contribution in [1.29, 1.82) is 0 Å². The summed E-state index contributed by atoms with van der Waals surface area (Å²) in [5.41, 5.74) is 0.923. The van der Waals surface area contributed by atoms with Gasteiger partial charge in [0.05, 0.1) is 0 Å². The van der Waals surface area contributed by atoms with E-state index < -0.39 is 5.97 Å². The molecular weight excluding hydrogens is 281 g/mol. The van der Waals surface area contributed by atoms with E-state index in [1.165, 1.54) is 12.1 Å². The van der Waals surface area contributed by atoms with Crippen molar-refractivity contribution in [2.75, 3.05) is 13.1 Å². The Kier molecular flexibility index (Phi) is 5.38. The largest absolute Gasteiger partial charge is 0.481 e. The minimum absolute atomic E-state index is 0.232. The van der Waals surface area contributed by atoms with Crippen molar-refractivity contribution in [2.24, 2.45) is 5.92 Å². The molecule has 3 nitrogen and oxygen atoms in total. The average molecular weight is 300 g/mol. The third-order valence-electron chi connectivity index (χ3n) is 3.78. The van der Waals surface area contributed by atoms with Gasteiger partial charge in [0.1, 0.15) is 5.82 Å². The second-order valence-corrected chi connectivity index (χ2v) is 5.82. The van der Waals surface area contributed by atoms with Crippen molar-refractivity contribution in [3.8, 4) is 0 Å². The first-order chi connectivity index (χ1) is 9.54. The number of rotatable bonds is 5. The normalized spacial score (nSPS) is 20.0. The highest BCUT2D eigenvalue weighted by molar-refractivity contribution is 6.31. The number of carboxylic acid groups (broad SMARTS) is 1. The summed E-state index contributed by atoms with van der Waals surface area (Å²) in [6.07, 6.45) is 3.11. The van der Waals surface area contributed by atoms with E-state index in [0.717, 1.165) is 37.9 Å². The molecule has 0 aromatic heterocycles. The van der Waals surface area contributed by atoms with Gasteiger partial charge in [-0.2, -0.15) is 0 Å². The highest BCUT2D eigenvalue weighted by Gasteiger charge is 2.21. The van der Waals surface area contributed by atoms with Gasteiger partial charge in [0.15, 0.2) is 0 Å². The zero-order chi connectivity index (χ0) is 14.5. The molecule has 1 aromatic rings. The number of aliphatic carboxylic acids is 1. The van der Waals surface area contributed by atoms with Gasteiger partial charge in [-0.05, 0) is 49.4 Å². The van der Waals surface area contributed by atoms with Gasteiger partial charge in [-0.25, -0.2) is 4.39 Å². The summed E-state index contributed by atoms with van der Waals surface area (Å²) in [5, 5.41) is 9.20. The molecule has 1 N–H and O–H groups in total. The molecule has 1 fully saturated rings. The maximum absolute atomic E-state index is 13.0. The molecule has 1 aliphatic rings. The predicted molar refractivity (Wildman–Crippen MR) is 76.3 cm³/mol. The maximum atomic E-state index is 13.0. The second kappa shape index (κ2) is 7.04. The molecule has 1 aromatic carbocycles. The fourth-order valence-corrected chi connectivity index (χ4v) is 2.98. The van der Waals surface area contributed by atoms with Crippen LogP contribution in [-0.2, 0) is 11.3 Å². The topological polar surface area (TPSA) is 40.5 Å². The van der Waals surface area contributed by atoms with Crippen molar-refractivity contribution in [2.45, 2.75) is 32.2 Å². The van der Waals surface area contributed by atoms with Crippen LogP contribution in [0.4, 0.5) is 4.39 Å². The lowest BCUT2D eigenvalue weighted by atomic mass is 9.93. The fraction of sp³-hybridized carbons (Fsp3) is 0.533. The first-order valence-corrected chi connectivity index (χ1v) is 7.30. The minimum Gasteiger partial charge on any atom is -0.481 e. The van der Waals surface area contributed by atoms with Crippen molar-refractivity contribution in [1.82, 2.24) is 4.90 Å². The molecule has 110 valence electrons. The quantitative estimate of drug-likeness (QED) is 0.904. The summed E-state index contributed by atoms with van der Waals surface area (Å²) in [7, 11) is 0. The summed E-state index contributed by atoms with van der Waals surface area (Å²) in [6, 6.07) is 4.48. The number of likely N-dealkylation sites (tertiary alicyclic amines) is 1. The summed E-state index contributed by atoms with van der Waals surface area (Å²) in [6.45, 7) is 2.57. The van der Waals surface area contributed by atoms with E-state index in [2.05, 4.69) is 4.90 Å². The molecule has 2 rings (SSSR count). The van der Waals surface area contributed by atoms with E-state index in [0.29, 0.717) is 17.5 Å². The molecule has 0 spiro atoms. The number of halogens is 2. The monoisotopic (exact) mass is 299 g/mol. The van der Waals surface area contributed by atoms with Crippen molar-refractivity contribution < 1.29 is 14.3 Å². The highest BCUT2D eigenvalue weighted by atomic mass is 35.5. The van der Waals surface area contributed by atoms with E-state index >= 15 is 0 Å². The first-order valence-electron chi connectivity index (χ1n) is 6.92. The molecule has 20 heavy (non-hydrogen) atoms. The van der Waals surface area contributed by atoms with E-state index in [1.807, 2.05) is 0 Å². The third kappa shape index (κ3) is 4.46. The number of benzene rings is 1. The molecule has 0 aliphatic carbocycles. The number of carboxylic acids is 1. The van der Waals surface area contributed by atoms with Gasteiger partial charge in [0.25, 0.3) is 0 Å². The highest BCUT2D eigenvalue weighted by Crippen LogP contribution is 2.25. The Bertz CT molecular complexity index is 481. The van der Waals surface area contributed by atoms with Gasteiger partial charge in [0.2, 0.25) is 0 Å². The van der Waals surface area contributed by atoms with Crippen LogP contribution >= 0.6 is 11.6 Å². The lowest BCUT2D eigenvalue weighted by molar-refractivity contribution is -0.137. The zero-order valence-electron chi connectivity index (χ0n) is 11.3. The molecule has 0 radical (unpaired) electrons. The lowest BCUT2D eigenvalue weighted by Crippen LogP contribution is -2.35. The Labute approximate surface area is 123 Å². The predicted octanol–water partition coefficient (Wildman–Crippen LogP) is 3.56. The van der Waals surface area contributed by atoms with E-state index in [9.17, 15) is 9.18 Å². The number of hydrogen-bond donors (Lipinski definition) is 1. The summed E-state index contributed by atoms with van der Waals surface area (Å²) >= 11 is 6.04. The van der Waals surface area contributed by atoms with Crippen LogP contribution in [0.25, 0.3) is 0 Å². The first kappa shape index (κ1) is 15.3. The lowest BCUT2D eigenvalue weighted by Gasteiger charge is -2.32. The van der Waals surface area contributed by atoms with Gasteiger partial charge in [-0.1, -0.05) is 17.7 Å². The standard InChI is InChI=1S/C15H19ClFNO2/c16-14-8-13(17)5-4-12(14)10-18-7-1-2-11(9-18)3-6-15(19)20/h4-5,8,11H,1-3,6-7,9-10H2,(H,19,20). The number of carbonyl (C=O) groups is 1.